The molecule has 1 unspecified atom stereocenters. The van der Waals surface area contributed by atoms with E-state index in [0.29, 0.717) is 16.1 Å². The van der Waals surface area contributed by atoms with Gasteiger partial charge < -0.3 is 5.11 Å². The van der Waals surface area contributed by atoms with Crippen LogP contribution in [-0.2, 0) is 21.3 Å². The highest BCUT2D eigenvalue weighted by Crippen LogP contribution is 2.23. The van der Waals surface area contributed by atoms with Crippen molar-refractivity contribution in [1.29, 1.82) is 5.26 Å². The predicted molar refractivity (Wildman–Crippen MR) is 69.7 cm³/mol. The van der Waals surface area contributed by atoms with Crippen LogP contribution in [0.4, 0.5) is 0 Å². The Kier molecular flexibility index (Phi) is 4.49. The third-order valence-corrected chi connectivity index (χ3v) is 4.79. The molecule has 0 aliphatic heterocycles. The van der Waals surface area contributed by atoms with Gasteiger partial charge in [0.15, 0.2) is 0 Å². The molecule has 0 bridgehead atoms. The second-order valence-corrected chi connectivity index (χ2v) is 6.63. The van der Waals surface area contributed by atoms with Crippen LogP contribution in [0, 0.1) is 11.3 Å². The van der Waals surface area contributed by atoms with E-state index in [4.69, 9.17) is 22.0 Å². The number of hydrogen-bond donors (Lipinski definition) is 1. The molecule has 0 heterocycles. The highest BCUT2D eigenvalue weighted by Gasteiger charge is 2.34. The third-order valence-electron chi connectivity index (χ3n) is 2.55. The summed E-state index contributed by atoms with van der Waals surface area (Å²) in [6.45, 7) is 2.81. The second kappa shape index (κ2) is 5.51. The highest BCUT2D eigenvalue weighted by molar-refractivity contribution is 7.86. The van der Waals surface area contributed by atoms with Crippen LogP contribution in [0.2, 0.25) is 5.02 Å². The standard InChI is InChI=1S/C12H12ClNO3S/c1-12(2,11(15)16)18(17)7-9-4-3-8(6-14)5-10(9)13/h3-5H,7H2,1-2H3,(H,15,16). The SMILES string of the molecule is CC(C)(C(=O)O)S(=O)Cc1ccc(C#N)cc1Cl. The zero-order chi connectivity index (χ0) is 13.9. The van der Waals surface area contributed by atoms with E-state index in [9.17, 15) is 9.00 Å². The number of benzene rings is 1. The normalized spacial score (nSPS) is 12.8. The zero-order valence-corrected chi connectivity index (χ0v) is 11.5. The van der Waals surface area contributed by atoms with Gasteiger partial charge in [0.25, 0.3) is 0 Å². The summed E-state index contributed by atoms with van der Waals surface area (Å²) in [4.78, 5) is 11.0. The molecular formula is C12H12ClNO3S. The number of carboxylic acid groups (broad SMARTS) is 1. The molecule has 1 aromatic rings. The molecule has 0 aromatic heterocycles. The van der Waals surface area contributed by atoms with Crippen molar-refractivity contribution >= 4 is 28.4 Å². The lowest BCUT2D eigenvalue weighted by atomic mass is 10.2. The number of halogens is 1. The average Bonchev–Trinajstić information content (AvgIpc) is 2.31. The Morgan fingerprint density at radius 1 is 1.56 bits per heavy atom. The van der Waals surface area contributed by atoms with Gasteiger partial charge in [-0.3, -0.25) is 9.00 Å². The van der Waals surface area contributed by atoms with Gasteiger partial charge in [-0.05, 0) is 31.5 Å². The zero-order valence-electron chi connectivity index (χ0n) is 9.94. The Bertz CT molecular complexity index is 549. The first kappa shape index (κ1) is 14.7. The minimum absolute atomic E-state index is 0.0455. The minimum Gasteiger partial charge on any atom is -0.480 e. The molecular weight excluding hydrogens is 274 g/mol. The van der Waals surface area contributed by atoms with E-state index in [1.807, 2.05) is 6.07 Å². The maximum atomic E-state index is 12.0. The second-order valence-electron chi connectivity index (χ2n) is 4.22. The largest absolute Gasteiger partial charge is 0.480 e. The lowest BCUT2D eigenvalue weighted by Crippen LogP contribution is -2.37. The van der Waals surface area contributed by atoms with Crippen molar-refractivity contribution in [2.45, 2.75) is 24.3 Å². The van der Waals surface area contributed by atoms with Gasteiger partial charge in [-0.15, -0.1) is 0 Å². The number of carboxylic acids is 1. The van der Waals surface area contributed by atoms with E-state index in [2.05, 4.69) is 0 Å². The van der Waals surface area contributed by atoms with Crippen LogP contribution >= 0.6 is 11.6 Å². The lowest BCUT2D eigenvalue weighted by Gasteiger charge is -2.18. The van der Waals surface area contributed by atoms with Crippen molar-refractivity contribution < 1.29 is 14.1 Å². The van der Waals surface area contributed by atoms with Gasteiger partial charge in [-0.25, -0.2) is 0 Å². The predicted octanol–water partition coefficient (Wildman–Crippen LogP) is 2.32. The van der Waals surface area contributed by atoms with E-state index in [1.165, 1.54) is 19.9 Å². The van der Waals surface area contributed by atoms with Gasteiger partial charge in [-0.2, -0.15) is 5.26 Å². The van der Waals surface area contributed by atoms with E-state index in [0.717, 1.165) is 0 Å². The first-order valence-electron chi connectivity index (χ1n) is 5.09. The smallest absolute Gasteiger partial charge is 0.321 e. The van der Waals surface area contributed by atoms with Gasteiger partial charge >= 0.3 is 5.97 Å². The molecule has 96 valence electrons. The molecule has 1 rings (SSSR count). The molecule has 1 N–H and O–H groups in total. The molecule has 0 fully saturated rings. The average molecular weight is 286 g/mol. The van der Waals surface area contributed by atoms with Crippen molar-refractivity contribution in [3.63, 3.8) is 0 Å². The number of hydrogen-bond acceptors (Lipinski definition) is 3. The van der Waals surface area contributed by atoms with Gasteiger partial charge in [0, 0.05) is 15.8 Å². The summed E-state index contributed by atoms with van der Waals surface area (Å²) in [5.41, 5.74) is 0.982. The molecule has 0 aliphatic rings. The van der Waals surface area contributed by atoms with E-state index >= 15 is 0 Å². The summed E-state index contributed by atoms with van der Waals surface area (Å²) in [5, 5.41) is 18.0. The maximum absolute atomic E-state index is 12.0. The van der Waals surface area contributed by atoms with Crippen LogP contribution in [-0.4, -0.2) is 20.0 Å². The number of carbonyl (C=O) groups is 1. The molecule has 1 aromatic carbocycles. The van der Waals surface area contributed by atoms with Crippen LogP contribution < -0.4 is 0 Å². The first-order valence-corrected chi connectivity index (χ1v) is 6.79. The number of nitrogens with zero attached hydrogens (tertiary/aromatic N) is 1. The van der Waals surface area contributed by atoms with Gasteiger partial charge in [0.2, 0.25) is 0 Å². The van der Waals surface area contributed by atoms with Gasteiger partial charge in [0.1, 0.15) is 4.75 Å². The summed E-state index contributed by atoms with van der Waals surface area (Å²) in [6, 6.07) is 6.57. The van der Waals surface area contributed by atoms with Crippen molar-refractivity contribution in [1.82, 2.24) is 0 Å². The molecule has 18 heavy (non-hydrogen) atoms. The number of nitriles is 1. The van der Waals surface area contributed by atoms with Crippen LogP contribution in [0.3, 0.4) is 0 Å². The number of aliphatic carboxylic acids is 1. The molecule has 1 atom stereocenters. The quantitative estimate of drug-likeness (QED) is 0.921. The minimum atomic E-state index is -1.60. The topological polar surface area (TPSA) is 78.2 Å². The van der Waals surface area contributed by atoms with Gasteiger partial charge in [-0.1, -0.05) is 17.7 Å². The van der Waals surface area contributed by atoms with Crippen LogP contribution in [0.1, 0.15) is 25.0 Å². The maximum Gasteiger partial charge on any atom is 0.321 e. The van der Waals surface area contributed by atoms with E-state index in [-0.39, 0.29) is 5.75 Å². The molecule has 4 nitrogen and oxygen atoms in total. The lowest BCUT2D eigenvalue weighted by molar-refractivity contribution is -0.139. The molecule has 0 spiro atoms. The fraction of sp³-hybridized carbons (Fsp3) is 0.333. The summed E-state index contributed by atoms with van der Waals surface area (Å²) >= 11 is 5.95. The van der Waals surface area contributed by atoms with Gasteiger partial charge in [0.05, 0.1) is 17.4 Å². The van der Waals surface area contributed by atoms with Crippen LogP contribution in [0.5, 0.6) is 0 Å². The van der Waals surface area contributed by atoms with Crippen molar-refractivity contribution in [3.8, 4) is 6.07 Å². The van der Waals surface area contributed by atoms with Crippen molar-refractivity contribution in [2.75, 3.05) is 0 Å². The Labute approximate surface area is 113 Å². The molecule has 0 saturated carbocycles. The van der Waals surface area contributed by atoms with Crippen LogP contribution in [0.15, 0.2) is 18.2 Å². The summed E-state index contributed by atoms with van der Waals surface area (Å²) in [5.74, 6) is -1.07. The summed E-state index contributed by atoms with van der Waals surface area (Å²) < 4.78 is 10.7. The number of rotatable bonds is 4. The fourth-order valence-corrected chi connectivity index (χ4v) is 2.57. The molecule has 0 saturated heterocycles. The fourth-order valence-electron chi connectivity index (χ4n) is 1.15. The molecule has 0 aliphatic carbocycles. The van der Waals surface area contributed by atoms with Crippen LogP contribution in [0.25, 0.3) is 0 Å². The first-order chi connectivity index (χ1) is 8.28. The highest BCUT2D eigenvalue weighted by atomic mass is 35.5. The Morgan fingerprint density at radius 2 is 2.17 bits per heavy atom. The monoisotopic (exact) mass is 285 g/mol. The van der Waals surface area contributed by atoms with E-state index < -0.39 is 21.5 Å². The Hall–Kier alpha value is -1.38. The Morgan fingerprint density at radius 3 is 2.61 bits per heavy atom. The molecule has 0 radical (unpaired) electrons. The summed E-state index contributed by atoms with van der Waals surface area (Å²) in [6.07, 6.45) is 0. The van der Waals surface area contributed by atoms with Crippen molar-refractivity contribution in [3.05, 3.63) is 34.3 Å². The molecule has 6 heteroatoms. The summed E-state index contributed by atoms with van der Waals surface area (Å²) in [7, 11) is -1.60. The third kappa shape index (κ3) is 3.09. The molecule has 0 amide bonds. The van der Waals surface area contributed by atoms with E-state index in [1.54, 1.807) is 12.1 Å². The Balaban J connectivity index is 2.97. The van der Waals surface area contributed by atoms with Crippen molar-refractivity contribution in [2.24, 2.45) is 0 Å².